The predicted octanol–water partition coefficient (Wildman–Crippen LogP) is 2.70. The summed E-state index contributed by atoms with van der Waals surface area (Å²) in [6.45, 7) is 8.76. The quantitative estimate of drug-likeness (QED) is 0.752. The van der Waals surface area contributed by atoms with Crippen LogP contribution in [0.2, 0.25) is 0 Å². The van der Waals surface area contributed by atoms with E-state index < -0.39 is 0 Å². The standard InChI is InChI=1S/C13H27NO/c1-10(9-11(2)15)14-12-7-5-6-8-13(12,3)4/h10-12,14-15H,5-9H2,1-4H3. The summed E-state index contributed by atoms with van der Waals surface area (Å²) < 4.78 is 0. The Morgan fingerprint density at radius 3 is 2.53 bits per heavy atom. The third-order valence-corrected chi connectivity index (χ3v) is 3.69. The fourth-order valence-electron chi connectivity index (χ4n) is 2.73. The van der Waals surface area contributed by atoms with Gasteiger partial charge < -0.3 is 10.4 Å². The fraction of sp³-hybridized carbons (Fsp3) is 1.00. The number of aliphatic hydroxyl groups is 1. The third kappa shape index (κ3) is 4.12. The van der Waals surface area contributed by atoms with Crippen LogP contribution < -0.4 is 5.32 Å². The van der Waals surface area contributed by atoms with Crippen molar-refractivity contribution in [2.24, 2.45) is 5.41 Å². The molecule has 15 heavy (non-hydrogen) atoms. The lowest BCUT2D eigenvalue weighted by molar-refractivity contribution is 0.130. The molecule has 0 aromatic heterocycles. The van der Waals surface area contributed by atoms with Crippen molar-refractivity contribution >= 4 is 0 Å². The molecule has 0 radical (unpaired) electrons. The summed E-state index contributed by atoms with van der Waals surface area (Å²) in [7, 11) is 0. The van der Waals surface area contributed by atoms with Gasteiger partial charge in [-0.15, -0.1) is 0 Å². The highest BCUT2D eigenvalue weighted by Crippen LogP contribution is 2.35. The molecule has 1 rings (SSSR count). The van der Waals surface area contributed by atoms with Crippen LogP contribution in [0.4, 0.5) is 0 Å². The van der Waals surface area contributed by atoms with E-state index in [-0.39, 0.29) is 6.10 Å². The highest BCUT2D eigenvalue weighted by molar-refractivity contribution is 4.89. The Morgan fingerprint density at radius 1 is 1.33 bits per heavy atom. The monoisotopic (exact) mass is 213 g/mol. The molecule has 2 nitrogen and oxygen atoms in total. The van der Waals surface area contributed by atoms with Crippen LogP contribution in [-0.4, -0.2) is 23.3 Å². The number of nitrogens with one attached hydrogen (secondary N) is 1. The second kappa shape index (κ2) is 5.31. The van der Waals surface area contributed by atoms with E-state index in [4.69, 9.17) is 0 Å². The van der Waals surface area contributed by atoms with E-state index in [0.29, 0.717) is 17.5 Å². The summed E-state index contributed by atoms with van der Waals surface area (Å²) in [5.41, 5.74) is 0.422. The number of rotatable bonds is 4. The van der Waals surface area contributed by atoms with Gasteiger partial charge in [-0.05, 0) is 38.5 Å². The zero-order valence-electron chi connectivity index (χ0n) is 10.7. The molecule has 0 aromatic carbocycles. The van der Waals surface area contributed by atoms with Crippen LogP contribution in [0.15, 0.2) is 0 Å². The maximum absolute atomic E-state index is 9.34. The lowest BCUT2D eigenvalue weighted by Crippen LogP contribution is -2.48. The summed E-state index contributed by atoms with van der Waals surface area (Å²) in [6.07, 6.45) is 5.99. The minimum Gasteiger partial charge on any atom is -0.393 e. The van der Waals surface area contributed by atoms with Gasteiger partial charge in [0, 0.05) is 12.1 Å². The number of hydrogen-bond acceptors (Lipinski definition) is 2. The van der Waals surface area contributed by atoms with Crippen LogP contribution in [0.3, 0.4) is 0 Å². The average Bonchev–Trinajstić information content (AvgIpc) is 2.07. The molecule has 0 spiro atoms. The van der Waals surface area contributed by atoms with Crippen molar-refractivity contribution < 1.29 is 5.11 Å². The van der Waals surface area contributed by atoms with E-state index >= 15 is 0 Å². The Kier molecular flexibility index (Phi) is 4.60. The first-order valence-corrected chi connectivity index (χ1v) is 6.36. The molecule has 1 saturated carbocycles. The topological polar surface area (TPSA) is 32.3 Å². The van der Waals surface area contributed by atoms with Crippen LogP contribution in [0.25, 0.3) is 0 Å². The normalized spacial score (nSPS) is 29.8. The van der Waals surface area contributed by atoms with E-state index in [1.54, 1.807) is 0 Å². The Labute approximate surface area is 94.5 Å². The maximum atomic E-state index is 9.34. The third-order valence-electron chi connectivity index (χ3n) is 3.69. The highest BCUT2D eigenvalue weighted by atomic mass is 16.3. The van der Waals surface area contributed by atoms with Crippen LogP contribution in [0, 0.1) is 5.41 Å². The Bertz CT molecular complexity index is 189. The zero-order valence-corrected chi connectivity index (χ0v) is 10.7. The molecular weight excluding hydrogens is 186 g/mol. The molecule has 0 amide bonds. The molecule has 1 fully saturated rings. The van der Waals surface area contributed by atoms with Crippen LogP contribution in [0.5, 0.6) is 0 Å². The minimum atomic E-state index is -0.195. The first-order valence-electron chi connectivity index (χ1n) is 6.36. The van der Waals surface area contributed by atoms with Gasteiger partial charge in [-0.25, -0.2) is 0 Å². The molecule has 1 aliphatic rings. The molecule has 2 heteroatoms. The zero-order chi connectivity index (χ0) is 11.5. The molecule has 0 aromatic rings. The Morgan fingerprint density at radius 2 is 2.00 bits per heavy atom. The van der Waals surface area contributed by atoms with E-state index in [9.17, 15) is 5.11 Å². The van der Waals surface area contributed by atoms with Gasteiger partial charge in [0.2, 0.25) is 0 Å². The summed E-state index contributed by atoms with van der Waals surface area (Å²) >= 11 is 0. The molecule has 0 aliphatic heterocycles. The maximum Gasteiger partial charge on any atom is 0.0526 e. The van der Waals surface area contributed by atoms with Crippen molar-refractivity contribution in [1.29, 1.82) is 0 Å². The summed E-state index contributed by atoms with van der Waals surface area (Å²) in [4.78, 5) is 0. The van der Waals surface area contributed by atoms with Gasteiger partial charge in [0.25, 0.3) is 0 Å². The molecule has 90 valence electrons. The first kappa shape index (κ1) is 13.0. The summed E-state index contributed by atoms with van der Waals surface area (Å²) in [5, 5.41) is 13.0. The fourth-order valence-corrected chi connectivity index (χ4v) is 2.73. The second-order valence-electron chi connectivity index (χ2n) is 5.94. The van der Waals surface area contributed by atoms with Crippen molar-refractivity contribution in [1.82, 2.24) is 5.32 Å². The van der Waals surface area contributed by atoms with Crippen molar-refractivity contribution in [2.45, 2.75) is 78.0 Å². The molecule has 0 heterocycles. The lowest BCUT2D eigenvalue weighted by atomic mass is 9.73. The largest absolute Gasteiger partial charge is 0.393 e. The van der Waals surface area contributed by atoms with E-state index in [0.717, 1.165) is 6.42 Å². The molecule has 0 bridgehead atoms. The van der Waals surface area contributed by atoms with Crippen LogP contribution in [0.1, 0.15) is 59.8 Å². The minimum absolute atomic E-state index is 0.195. The van der Waals surface area contributed by atoms with E-state index in [1.807, 2.05) is 6.92 Å². The summed E-state index contributed by atoms with van der Waals surface area (Å²) in [5.74, 6) is 0. The van der Waals surface area contributed by atoms with Crippen LogP contribution in [-0.2, 0) is 0 Å². The molecule has 3 unspecified atom stereocenters. The molecular formula is C13H27NO. The van der Waals surface area contributed by atoms with E-state index in [1.165, 1.54) is 25.7 Å². The van der Waals surface area contributed by atoms with Gasteiger partial charge in [0.15, 0.2) is 0 Å². The van der Waals surface area contributed by atoms with Gasteiger partial charge in [-0.1, -0.05) is 26.7 Å². The van der Waals surface area contributed by atoms with Gasteiger partial charge in [-0.2, -0.15) is 0 Å². The summed E-state index contributed by atoms with van der Waals surface area (Å²) in [6, 6.07) is 1.05. The SMILES string of the molecule is CC(O)CC(C)NC1CCCCC1(C)C. The lowest BCUT2D eigenvalue weighted by Gasteiger charge is -2.41. The van der Waals surface area contributed by atoms with Gasteiger partial charge >= 0.3 is 0 Å². The van der Waals surface area contributed by atoms with Crippen LogP contribution >= 0.6 is 0 Å². The average molecular weight is 213 g/mol. The molecule has 2 N–H and O–H groups in total. The Balaban J connectivity index is 2.41. The molecule has 0 saturated heterocycles. The number of hydrogen-bond donors (Lipinski definition) is 2. The predicted molar refractivity (Wildman–Crippen MR) is 64.9 cm³/mol. The second-order valence-corrected chi connectivity index (χ2v) is 5.94. The van der Waals surface area contributed by atoms with Crippen molar-refractivity contribution in [3.05, 3.63) is 0 Å². The van der Waals surface area contributed by atoms with Crippen molar-refractivity contribution in [2.75, 3.05) is 0 Å². The number of aliphatic hydroxyl groups excluding tert-OH is 1. The molecule has 1 aliphatic carbocycles. The molecule has 3 atom stereocenters. The first-order chi connectivity index (χ1) is 6.92. The van der Waals surface area contributed by atoms with Gasteiger partial charge in [0.05, 0.1) is 6.10 Å². The highest BCUT2D eigenvalue weighted by Gasteiger charge is 2.32. The van der Waals surface area contributed by atoms with Gasteiger partial charge in [0.1, 0.15) is 0 Å². The van der Waals surface area contributed by atoms with E-state index in [2.05, 4.69) is 26.1 Å². The smallest absolute Gasteiger partial charge is 0.0526 e. The van der Waals surface area contributed by atoms with Crippen molar-refractivity contribution in [3.8, 4) is 0 Å². The van der Waals surface area contributed by atoms with Gasteiger partial charge in [-0.3, -0.25) is 0 Å². The Hall–Kier alpha value is -0.0800. The van der Waals surface area contributed by atoms with Crippen molar-refractivity contribution in [3.63, 3.8) is 0 Å².